The normalized spacial score (nSPS) is 15.1. The van der Waals surface area contributed by atoms with Crippen molar-refractivity contribution in [1.29, 1.82) is 0 Å². The first-order valence-corrected chi connectivity index (χ1v) is 8.42. The Balaban J connectivity index is 1.51. The molecule has 3 aromatic rings. The third-order valence-corrected chi connectivity index (χ3v) is 4.24. The van der Waals surface area contributed by atoms with Gasteiger partial charge in [-0.05, 0) is 29.8 Å². The van der Waals surface area contributed by atoms with Gasteiger partial charge in [0, 0.05) is 24.0 Å². The summed E-state index contributed by atoms with van der Waals surface area (Å²) >= 11 is 0. The molecule has 0 aliphatic carbocycles. The van der Waals surface area contributed by atoms with Gasteiger partial charge >= 0.3 is 0 Å². The molecule has 8 nitrogen and oxygen atoms in total. The Labute approximate surface area is 150 Å². The zero-order valence-electron chi connectivity index (χ0n) is 14.1. The van der Waals surface area contributed by atoms with Crippen LogP contribution >= 0.6 is 0 Å². The van der Waals surface area contributed by atoms with Crippen LogP contribution in [0.3, 0.4) is 0 Å². The minimum absolute atomic E-state index is 0.102. The van der Waals surface area contributed by atoms with Gasteiger partial charge in [0.1, 0.15) is 0 Å². The highest BCUT2D eigenvalue weighted by Gasteiger charge is 2.14. The van der Waals surface area contributed by atoms with E-state index in [1.807, 2.05) is 30.3 Å². The smallest absolute Gasteiger partial charge is 0.239 e. The summed E-state index contributed by atoms with van der Waals surface area (Å²) in [6, 6.07) is 9.59. The van der Waals surface area contributed by atoms with Crippen molar-refractivity contribution in [2.24, 2.45) is 0 Å². The van der Waals surface area contributed by atoms with Crippen LogP contribution in [0.25, 0.3) is 22.0 Å². The molecule has 1 fully saturated rings. The second-order valence-electron chi connectivity index (χ2n) is 6.07. The summed E-state index contributed by atoms with van der Waals surface area (Å²) in [7, 11) is 0. The molecule has 1 aliphatic heterocycles. The fourth-order valence-electron chi connectivity index (χ4n) is 2.89. The molecule has 0 saturated carbocycles. The van der Waals surface area contributed by atoms with Gasteiger partial charge in [-0.2, -0.15) is 10.2 Å². The molecule has 132 valence electrons. The number of anilines is 1. The van der Waals surface area contributed by atoms with Crippen LogP contribution in [0.4, 0.5) is 5.82 Å². The lowest BCUT2D eigenvalue weighted by Crippen LogP contribution is -2.41. The Morgan fingerprint density at radius 3 is 2.77 bits per heavy atom. The first-order chi connectivity index (χ1) is 12.8. The van der Waals surface area contributed by atoms with Gasteiger partial charge in [-0.15, -0.1) is 10.2 Å². The standard InChI is InChI=1S/C18H18N6O2/c25-18(12-24-5-7-26-8-6-24)21-17-10-15-9-13(1-2-16(15)22-23-17)14-3-4-19-20-11-14/h1-4,9-11H,5-8,12H2,(H,21,23,25). The fraction of sp³-hybridized carbons (Fsp3) is 0.278. The SMILES string of the molecule is O=C(CN1CCOCC1)Nc1cc2cc(-c3ccnnc3)ccc2nn1. The van der Waals surface area contributed by atoms with E-state index in [9.17, 15) is 4.79 Å². The molecule has 0 radical (unpaired) electrons. The number of morpholine rings is 1. The number of nitrogens with one attached hydrogen (secondary N) is 1. The quantitative estimate of drug-likeness (QED) is 0.759. The lowest BCUT2D eigenvalue weighted by atomic mass is 10.1. The molecular formula is C18H18N6O2. The van der Waals surface area contributed by atoms with E-state index < -0.39 is 0 Å². The highest BCUT2D eigenvalue weighted by molar-refractivity contribution is 5.93. The number of carbonyl (C=O) groups is 1. The monoisotopic (exact) mass is 350 g/mol. The van der Waals surface area contributed by atoms with E-state index in [1.165, 1.54) is 0 Å². The molecule has 0 spiro atoms. The van der Waals surface area contributed by atoms with Crippen molar-refractivity contribution in [3.63, 3.8) is 0 Å². The van der Waals surface area contributed by atoms with Crippen LogP contribution in [0.1, 0.15) is 0 Å². The molecule has 1 amide bonds. The number of amides is 1. The molecule has 0 bridgehead atoms. The first kappa shape index (κ1) is 16.5. The minimum atomic E-state index is -0.102. The van der Waals surface area contributed by atoms with Crippen molar-refractivity contribution in [2.75, 3.05) is 38.2 Å². The Hall–Kier alpha value is -2.97. The summed E-state index contributed by atoms with van der Waals surface area (Å²) in [4.78, 5) is 14.3. The lowest BCUT2D eigenvalue weighted by molar-refractivity contribution is -0.118. The zero-order valence-corrected chi connectivity index (χ0v) is 14.1. The van der Waals surface area contributed by atoms with Crippen molar-refractivity contribution in [3.8, 4) is 11.1 Å². The summed E-state index contributed by atoms with van der Waals surface area (Å²) in [6.07, 6.45) is 3.36. The van der Waals surface area contributed by atoms with Gasteiger partial charge in [-0.25, -0.2) is 0 Å². The van der Waals surface area contributed by atoms with E-state index >= 15 is 0 Å². The van der Waals surface area contributed by atoms with Crippen LogP contribution in [0.2, 0.25) is 0 Å². The highest BCUT2D eigenvalue weighted by atomic mass is 16.5. The molecule has 2 aromatic heterocycles. The van der Waals surface area contributed by atoms with Crippen LogP contribution in [-0.4, -0.2) is 64.0 Å². The molecule has 8 heteroatoms. The Bertz CT molecular complexity index is 912. The fourth-order valence-corrected chi connectivity index (χ4v) is 2.89. The number of hydrogen-bond acceptors (Lipinski definition) is 7. The third-order valence-electron chi connectivity index (χ3n) is 4.24. The summed E-state index contributed by atoms with van der Waals surface area (Å²) < 4.78 is 5.29. The van der Waals surface area contributed by atoms with Crippen molar-refractivity contribution < 1.29 is 9.53 Å². The molecule has 0 atom stereocenters. The third kappa shape index (κ3) is 3.81. The van der Waals surface area contributed by atoms with Crippen molar-refractivity contribution in [2.45, 2.75) is 0 Å². The Kier molecular flexibility index (Phi) is 4.76. The second-order valence-corrected chi connectivity index (χ2v) is 6.07. The van der Waals surface area contributed by atoms with Gasteiger partial charge in [-0.1, -0.05) is 6.07 Å². The van der Waals surface area contributed by atoms with E-state index in [2.05, 4.69) is 30.6 Å². The van der Waals surface area contributed by atoms with Gasteiger partial charge in [0.05, 0.1) is 37.7 Å². The molecule has 4 rings (SSSR count). The van der Waals surface area contributed by atoms with Crippen LogP contribution in [0, 0.1) is 0 Å². The van der Waals surface area contributed by atoms with Crippen LogP contribution in [-0.2, 0) is 9.53 Å². The van der Waals surface area contributed by atoms with Gasteiger partial charge in [0.15, 0.2) is 5.82 Å². The number of fused-ring (bicyclic) bond motifs is 1. The van der Waals surface area contributed by atoms with Crippen LogP contribution < -0.4 is 5.32 Å². The summed E-state index contributed by atoms with van der Waals surface area (Å²) in [5, 5.41) is 19.7. The lowest BCUT2D eigenvalue weighted by Gasteiger charge is -2.25. The van der Waals surface area contributed by atoms with E-state index in [0.717, 1.165) is 35.1 Å². The summed E-state index contributed by atoms with van der Waals surface area (Å²) in [5.74, 6) is 0.343. The topological polar surface area (TPSA) is 93.1 Å². The number of benzene rings is 1. The maximum Gasteiger partial charge on any atom is 0.239 e. The van der Waals surface area contributed by atoms with Crippen molar-refractivity contribution >= 4 is 22.6 Å². The number of carbonyl (C=O) groups excluding carboxylic acids is 1. The molecule has 1 N–H and O–H groups in total. The maximum atomic E-state index is 12.2. The zero-order chi connectivity index (χ0) is 17.8. The van der Waals surface area contributed by atoms with Gasteiger partial charge in [-0.3, -0.25) is 9.69 Å². The van der Waals surface area contributed by atoms with Crippen molar-refractivity contribution in [1.82, 2.24) is 25.3 Å². The molecule has 1 aliphatic rings. The number of hydrogen-bond donors (Lipinski definition) is 1. The predicted molar refractivity (Wildman–Crippen MR) is 96.5 cm³/mol. The number of rotatable bonds is 4. The van der Waals surface area contributed by atoms with Gasteiger partial charge < -0.3 is 10.1 Å². The first-order valence-electron chi connectivity index (χ1n) is 8.42. The van der Waals surface area contributed by atoms with E-state index in [-0.39, 0.29) is 5.91 Å². The van der Waals surface area contributed by atoms with E-state index in [1.54, 1.807) is 12.4 Å². The van der Waals surface area contributed by atoms with Gasteiger partial charge in [0.2, 0.25) is 5.91 Å². The number of aromatic nitrogens is 4. The molecule has 0 unspecified atom stereocenters. The van der Waals surface area contributed by atoms with Gasteiger partial charge in [0.25, 0.3) is 0 Å². The largest absolute Gasteiger partial charge is 0.379 e. The Morgan fingerprint density at radius 2 is 1.96 bits per heavy atom. The maximum absolute atomic E-state index is 12.2. The van der Waals surface area contributed by atoms with E-state index in [4.69, 9.17) is 4.74 Å². The predicted octanol–water partition coefficient (Wildman–Crippen LogP) is 1.36. The molecule has 1 saturated heterocycles. The minimum Gasteiger partial charge on any atom is -0.379 e. The van der Waals surface area contributed by atoms with E-state index in [0.29, 0.717) is 25.6 Å². The molecule has 3 heterocycles. The number of ether oxygens (including phenoxy) is 1. The molecule has 26 heavy (non-hydrogen) atoms. The summed E-state index contributed by atoms with van der Waals surface area (Å²) in [6.45, 7) is 3.18. The highest BCUT2D eigenvalue weighted by Crippen LogP contribution is 2.23. The number of nitrogens with zero attached hydrogens (tertiary/aromatic N) is 5. The van der Waals surface area contributed by atoms with Crippen molar-refractivity contribution in [3.05, 3.63) is 42.7 Å². The van der Waals surface area contributed by atoms with Crippen LogP contribution in [0.5, 0.6) is 0 Å². The summed E-state index contributed by atoms with van der Waals surface area (Å²) in [5.41, 5.74) is 2.74. The Morgan fingerprint density at radius 1 is 1.08 bits per heavy atom. The average Bonchev–Trinajstić information content (AvgIpc) is 2.69. The average molecular weight is 350 g/mol. The second kappa shape index (κ2) is 7.51. The molecular weight excluding hydrogens is 332 g/mol. The van der Waals surface area contributed by atoms with Crippen LogP contribution in [0.15, 0.2) is 42.7 Å². The molecule has 1 aromatic carbocycles.